The SMILES string of the molecule is NNc1ccc(S(=O)(=O)N[N+](=O)[O-])cc1. The molecule has 0 amide bonds. The van der Waals surface area contributed by atoms with Gasteiger partial charge in [0.25, 0.3) is 0 Å². The zero-order valence-corrected chi connectivity index (χ0v) is 8.19. The van der Waals surface area contributed by atoms with Gasteiger partial charge in [0.15, 0.2) is 5.03 Å². The number of benzene rings is 1. The summed E-state index contributed by atoms with van der Waals surface area (Å²) in [6, 6.07) is 5.16. The Morgan fingerprint density at radius 2 is 1.80 bits per heavy atom. The van der Waals surface area contributed by atoms with Crippen molar-refractivity contribution in [2.45, 2.75) is 4.90 Å². The van der Waals surface area contributed by atoms with Crippen LogP contribution >= 0.6 is 0 Å². The maximum absolute atomic E-state index is 11.2. The molecule has 0 saturated heterocycles. The molecule has 1 rings (SSSR count). The third-order valence-electron chi connectivity index (χ3n) is 1.53. The van der Waals surface area contributed by atoms with Gasteiger partial charge in [-0.2, -0.15) is 8.42 Å². The number of sulfonamides is 1. The fraction of sp³-hybridized carbons (Fsp3) is 0. The number of nitrogens with one attached hydrogen (secondary N) is 2. The first-order valence-corrected chi connectivity index (χ1v) is 5.17. The van der Waals surface area contributed by atoms with E-state index in [9.17, 15) is 18.5 Å². The number of anilines is 1. The molecule has 0 fully saturated rings. The predicted molar refractivity (Wildman–Crippen MR) is 51.6 cm³/mol. The van der Waals surface area contributed by atoms with E-state index in [-0.39, 0.29) is 4.90 Å². The van der Waals surface area contributed by atoms with Crippen LogP contribution in [0.25, 0.3) is 0 Å². The lowest BCUT2D eigenvalue weighted by atomic mass is 10.3. The quantitative estimate of drug-likeness (QED) is 0.363. The number of nitrogens with two attached hydrogens (primary N) is 1. The van der Waals surface area contributed by atoms with E-state index >= 15 is 0 Å². The van der Waals surface area contributed by atoms with Crippen molar-refractivity contribution >= 4 is 15.7 Å². The second-order valence-corrected chi connectivity index (χ2v) is 4.18. The van der Waals surface area contributed by atoms with E-state index in [1.165, 1.54) is 29.1 Å². The standard InChI is InChI=1S/C6H8N4O4S/c7-8-5-1-3-6(4-2-5)15(13,14)9-10(11)12/h1-4,8-9H,7H2. The maximum Gasteiger partial charge on any atom is 0.311 e. The Morgan fingerprint density at radius 1 is 1.27 bits per heavy atom. The zero-order valence-electron chi connectivity index (χ0n) is 7.38. The Balaban J connectivity index is 3.01. The molecule has 0 bridgehead atoms. The molecule has 0 atom stereocenters. The lowest BCUT2D eigenvalue weighted by Crippen LogP contribution is -2.29. The van der Waals surface area contributed by atoms with Gasteiger partial charge in [0.1, 0.15) is 0 Å². The first kappa shape index (κ1) is 11.2. The van der Waals surface area contributed by atoms with Gasteiger partial charge >= 0.3 is 10.0 Å². The van der Waals surface area contributed by atoms with Crippen LogP contribution in [0.3, 0.4) is 0 Å². The van der Waals surface area contributed by atoms with Gasteiger partial charge in [-0.05, 0) is 29.1 Å². The molecule has 0 spiro atoms. The Kier molecular flexibility index (Phi) is 3.07. The average Bonchev–Trinajstić information content (AvgIpc) is 2.16. The van der Waals surface area contributed by atoms with Crippen LogP contribution in [0.2, 0.25) is 0 Å². The van der Waals surface area contributed by atoms with Crippen LogP contribution in [0.1, 0.15) is 0 Å². The smallest absolute Gasteiger partial charge is 0.311 e. The highest BCUT2D eigenvalue weighted by Crippen LogP contribution is 2.12. The van der Waals surface area contributed by atoms with Crippen molar-refractivity contribution in [2.75, 3.05) is 5.43 Å². The van der Waals surface area contributed by atoms with Crippen molar-refractivity contribution in [1.82, 2.24) is 4.83 Å². The Hall–Kier alpha value is -1.87. The summed E-state index contributed by atoms with van der Waals surface area (Å²) in [5.41, 5.74) is 2.79. The van der Waals surface area contributed by atoms with Crippen LogP contribution in [0.4, 0.5) is 5.69 Å². The van der Waals surface area contributed by atoms with Crippen molar-refractivity contribution < 1.29 is 13.5 Å². The number of hydrogen-bond acceptors (Lipinski definition) is 6. The summed E-state index contributed by atoms with van der Waals surface area (Å²) in [4.78, 5) is 11.0. The maximum atomic E-state index is 11.2. The van der Waals surface area contributed by atoms with Crippen LogP contribution in [0, 0.1) is 10.1 Å². The minimum Gasteiger partial charge on any atom is -0.324 e. The van der Waals surface area contributed by atoms with E-state index in [2.05, 4.69) is 5.43 Å². The molecule has 8 nitrogen and oxygen atoms in total. The van der Waals surface area contributed by atoms with E-state index < -0.39 is 15.1 Å². The summed E-state index contributed by atoms with van der Waals surface area (Å²) in [6.45, 7) is 0. The van der Waals surface area contributed by atoms with E-state index in [1.807, 2.05) is 0 Å². The van der Waals surface area contributed by atoms with Crippen molar-refractivity contribution in [2.24, 2.45) is 5.84 Å². The topological polar surface area (TPSA) is 127 Å². The van der Waals surface area contributed by atoms with Crippen molar-refractivity contribution in [3.63, 3.8) is 0 Å². The molecule has 0 aliphatic heterocycles. The van der Waals surface area contributed by atoms with Gasteiger partial charge in [0, 0.05) is 5.69 Å². The molecule has 0 unspecified atom stereocenters. The highest BCUT2D eigenvalue weighted by molar-refractivity contribution is 7.89. The number of hydrazine groups is 2. The summed E-state index contributed by atoms with van der Waals surface area (Å²) in [5.74, 6) is 5.07. The summed E-state index contributed by atoms with van der Waals surface area (Å²) in [7, 11) is -4.10. The lowest BCUT2D eigenvalue weighted by Gasteiger charge is -2.02. The highest BCUT2D eigenvalue weighted by Gasteiger charge is 2.18. The van der Waals surface area contributed by atoms with Crippen molar-refractivity contribution in [1.29, 1.82) is 0 Å². The van der Waals surface area contributed by atoms with Gasteiger partial charge in [0.05, 0.1) is 4.90 Å². The zero-order chi connectivity index (χ0) is 11.5. The molecular weight excluding hydrogens is 224 g/mol. The molecule has 9 heteroatoms. The number of rotatable bonds is 4. The van der Waals surface area contributed by atoms with E-state index in [1.54, 1.807) is 0 Å². The molecule has 0 heterocycles. The first-order chi connectivity index (χ1) is 6.95. The largest absolute Gasteiger partial charge is 0.324 e. The molecular formula is C6H8N4O4S. The van der Waals surface area contributed by atoms with Gasteiger partial charge in [-0.25, -0.2) is 10.1 Å². The molecule has 15 heavy (non-hydrogen) atoms. The highest BCUT2D eigenvalue weighted by atomic mass is 32.2. The van der Waals surface area contributed by atoms with Crippen LogP contribution in [0.15, 0.2) is 29.2 Å². The van der Waals surface area contributed by atoms with E-state index in [0.717, 1.165) is 0 Å². The minimum absolute atomic E-state index is 0.210. The second kappa shape index (κ2) is 4.11. The number of nitrogen functional groups attached to an aromatic ring is 1. The monoisotopic (exact) mass is 232 g/mol. The molecule has 82 valence electrons. The third kappa shape index (κ3) is 2.79. The van der Waals surface area contributed by atoms with Gasteiger partial charge in [-0.15, -0.1) is 0 Å². The Labute approximate surface area is 85.2 Å². The predicted octanol–water partition coefficient (Wildman–Crippen LogP) is -0.558. The fourth-order valence-electron chi connectivity index (χ4n) is 0.881. The number of hydrogen-bond donors (Lipinski definition) is 3. The molecule has 0 aromatic heterocycles. The van der Waals surface area contributed by atoms with E-state index in [0.29, 0.717) is 5.69 Å². The summed E-state index contributed by atoms with van der Waals surface area (Å²) >= 11 is 0. The van der Waals surface area contributed by atoms with Crippen LogP contribution in [0.5, 0.6) is 0 Å². The number of nitrogens with zero attached hydrogens (tertiary/aromatic N) is 1. The molecule has 4 N–H and O–H groups in total. The molecule has 0 radical (unpaired) electrons. The Bertz CT molecular complexity index is 455. The molecule has 1 aromatic carbocycles. The van der Waals surface area contributed by atoms with Crippen LogP contribution < -0.4 is 16.1 Å². The van der Waals surface area contributed by atoms with Crippen LogP contribution in [-0.4, -0.2) is 13.5 Å². The summed E-state index contributed by atoms with van der Waals surface area (Å²) < 4.78 is 22.5. The molecule has 1 aromatic rings. The minimum atomic E-state index is -4.10. The van der Waals surface area contributed by atoms with Gasteiger partial charge in [-0.3, -0.25) is 5.84 Å². The molecule has 0 saturated carbocycles. The first-order valence-electron chi connectivity index (χ1n) is 3.69. The van der Waals surface area contributed by atoms with Crippen molar-refractivity contribution in [3.8, 4) is 0 Å². The summed E-state index contributed by atoms with van der Waals surface area (Å²) in [6.07, 6.45) is 0. The summed E-state index contributed by atoms with van der Waals surface area (Å²) in [5, 5.41) is 8.86. The van der Waals surface area contributed by atoms with E-state index in [4.69, 9.17) is 5.84 Å². The lowest BCUT2D eigenvalue weighted by molar-refractivity contribution is -0.518. The average molecular weight is 232 g/mol. The molecule has 0 aliphatic rings. The van der Waals surface area contributed by atoms with Crippen LogP contribution in [-0.2, 0) is 10.0 Å². The fourth-order valence-corrected chi connectivity index (χ4v) is 1.68. The number of nitro groups is 1. The molecule has 0 aliphatic carbocycles. The van der Waals surface area contributed by atoms with Crippen molar-refractivity contribution in [3.05, 3.63) is 34.4 Å². The van der Waals surface area contributed by atoms with Gasteiger partial charge in [0.2, 0.25) is 0 Å². The van der Waals surface area contributed by atoms with Gasteiger partial charge < -0.3 is 5.43 Å². The second-order valence-electron chi connectivity index (χ2n) is 2.52. The normalized spacial score (nSPS) is 10.7. The third-order valence-corrected chi connectivity index (χ3v) is 2.81. The van der Waals surface area contributed by atoms with Gasteiger partial charge in [-0.1, -0.05) is 0 Å². The Morgan fingerprint density at radius 3 is 2.20 bits per heavy atom.